The first-order valence-electron chi connectivity index (χ1n) is 8.53. The van der Waals surface area contributed by atoms with Crippen LogP contribution in [0.15, 0.2) is 47.3 Å². The minimum absolute atomic E-state index is 0.107. The van der Waals surface area contributed by atoms with E-state index in [4.69, 9.17) is 27.9 Å². The molecule has 6 nitrogen and oxygen atoms in total. The normalized spacial score (nSPS) is 10.8. The molecule has 0 saturated heterocycles. The molecule has 0 radical (unpaired) electrons. The fourth-order valence-corrected chi connectivity index (χ4v) is 3.34. The summed E-state index contributed by atoms with van der Waals surface area (Å²) in [5.74, 6) is -0.856. The molecule has 0 N–H and O–H groups in total. The van der Waals surface area contributed by atoms with Crippen molar-refractivity contribution < 1.29 is 14.3 Å². The van der Waals surface area contributed by atoms with Gasteiger partial charge in [0, 0.05) is 16.0 Å². The van der Waals surface area contributed by atoms with Crippen molar-refractivity contribution in [2.45, 2.75) is 19.9 Å². The molecule has 28 heavy (non-hydrogen) atoms. The Morgan fingerprint density at radius 3 is 2.50 bits per heavy atom. The molecule has 0 bridgehead atoms. The first kappa shape index (κ1) is 20.0. The van der Waals surface area contributed by atoms with E-state index in [9.17, 15) is 14.4 Å². The number of fused-ring (bicyclic) bond motifs is 1. The van der Waals surface area contributed by atoms with Gasteiger partial charge in [0.2, 0.25) is 0 Å². The smallest absolute Gasteiger partial charge is 0.311 e. The van der Waals surface area contributed by atoms with Crippen LogP contribution in [0.4, 0.5) is 0 Å². The Labute approximate surface area is 170 Å². The number of carbonyl (C=O) groups is 2. The summed E-state index contributed by atoms with van der Waals surface area (Å²) in [6.07, 6.45) is -0.107. The van der Waals surface area contributed by atoms with Crippen molar-refractivity contribution in [2.75, 3.05) is 6.61 Å². The summed E-state index contributed by atoms with van der Waals surface area (Å²) in [5, 5.41) is 5.76. The maximum absolute atomic E-state index is 12.8. The zero-order valence-electron chi connectivity index (χ0n) is 14.9. The summed E-state index contributed by atoms with van der Waals surface area (Å²) in [6, 6.07) is 11.3. The Morgan fingerprint density at radius 1 is 1.11 bits per heavy atom. The van der Waals surface area contributed by atoms with E-state index in [1.54, 1.807) is 37.3 Å². The van der Waals surface area contributed by atoms with Crippen LogP contribution in [0.1, 0.15) is 23.0 Å². The highest BCUT2D eigenvalue weighted by Gasteiger charge is 2.17. The molecule has 3 rings (SSSR count). The van der Waals surface area contributed by atoms with Crippen molar-refractivity contribution in [1.82, 2.24) is 9.78 Å². The summed E-state index contributed by atoms with van der Waals surface area (Å²) >= 11 is 11.9. The van der Waals surface area contributed by atoms with Crippen molar-refractivity contribution in [3.63, 3.8) is 0 Å². The van der Waals surface area contributed by atoms with Crippen molar-refractivity contribution >= 4 is 45.7 Å². The van der Waals surface area contributed by atoms with Crippen LogP contribution in [-0.4, -0.2) is 28.1 Å². The molecule has 0 atom stereocenters. The van der Waals surface area contributed by atoms with Crippen LogP contribution in [0.5, 0.6) is 0 Å². The van der Waals surface area contributed by atoms with E-state index in [-0.39, 0.29) is 30.2 Å². The molecule has 0 aliphatic rings. The summed E-state index contributed by atoms with van der Waals surface area (Å²) in [4.78, 5) is 37.4. The predicted molar refractivity (Wildman–Crippen MR) is 107 cm³/mol. The van der Waals surface area contributed by atoms with Gasteiger partial charge in [-0.3, -0.25) is 14.4 Å². The van der Waals surface area contributed by atoms with Gasteiger partial charge in [0.15, 0.2) is 5.78 Å². The van der Waals surface area contributed by atoms with Crippen LogP contribution in [0.2, 0.25) is 10.0 Å². The number of aromatic nitrogens is 2. The Bertz CT molecular complexity index is 1120. The number of ether oxygens (including phenoxy) is 1. The first-order chi connectivity index (χ1) is 13.4. The third-order valence-corrected chi connectivity index (χ3v) is 4.63. The van der Waals surface area contributed by atoms with Gasteiger partial charge >= 0.3 is 5.97 Å². The van der Waals surface area contributed by atoms with Crippen molar-refractivity contribution in [3.05, 3.63) is 74.1 Å². The number of rotatable bonds is 6. The third kappa shape index (κ3) is 4.24. The highest BCUT2D eigenvalue weighted by atomic mass is 35.5. The Hall–Kier alpha value is -2.70. The average Bonchev–Trinajstić information content (AvgIpc) is 2.65. The number of carbonyl (C=O) groups excluding carboxylic acids is 2. The molecule has 1 aromatic heterocycles. The standard InChI is InChI=1S/C20H16Cl2N2O4/c1-2-28-19(26)10-17-13-5-3-4-6-14(13)20(27)24(23-17)11-18(25)15-8-7-12(21)9-16(15)22/h3-9H,2,10-11H2,1H3. The summed E-state index contributed by atoms with van der Waals surface area (Å²) in [5.41, 5.74) is 0.171. The van der Waals surface area contributed by atoms with E-state index < -0.39 is 17.3 Å². The highest BCUT2D eigenvalue weighted by Crippen LogP contribution is 2.22. The Morgan fingerprint density at radius 2 is 1.82 bits per heavy atom. The third-order valence-electron chi connectivity index (χ3n) is 4.09. The number of hydrogen-bond acceptors (Lipinski definition) is 5. The van der Waals surface area contributed by atoms with Crippen LogP contribution in [0.3, 0.4) is 0 Å². The van der Waals surface area contributed by atoms with Gasteiger partial charge in [0.25, 0.3) is 5.56 Å². The first-order valence-corrected chi connectivity index (χ1v) is 9.29. The molecule has 0 aliphatic carbocycles. The number of halogens is 2. The molecule has 8 heteroatoms. The number of ketones is 1. The summed E-state index contributed by atoms with van der Waals surface area (Å²) < 4.78 is 6.02. The van der Waals surface area contributed by atoms with Gasteiger partial charge in [-0.15, -0.1) is 0 Å². The van der Waals surface area contributed by atoms with Gasteiger partial charge in [-0.2, -0.15) is 5.10 Å². The van der Waals surface area contributed by atoms with Gasteiger partial charge in [-0.05, 0) is 31.2 Å². The lowest BCUT2D eigenvalue weighted by molar-refractivity contribution is -0.142. The fourth-order valence-electron chi connectivity index (χ4n) is 2.83. The molecule has 0 unspecified atom stereocenters. The lowest BCUT2D eigenvalue weighted by Gasteiger charge is -2.11. The van der Waals surface area contributed by atoms with Crippen LogP contribution < -0.4 is 5.56 Å². The molecule has 0 spiro atoms. The molecular formula is C20H16Cl2N2O4. The van der Waals surface area contributed by atoms with E-state index in [0.717, 1.165) is 4.68 Å². The molecule has 1 heterocycles. The average molecular weight is 419 g/mol. The quantitative estimate of drug-likeness (QED) is 0.450. The second kappa shape index (κ2) is 8.54. The maximum atomic E-state index is 12.8. The van der Waals surface area contributed by atoms with E-state index in [2.05, 4.69) is 5.10 Å². The van der Waals surface area contributed by atoms with Crippen LogP contribution in [0, 0.1) is 0 Å². The van der Waals surface area contributed by atoms with E-state index in [1.165, 1.54) is 12.1 Å². The number of nitrogens with zero attached hydrogens (tertiary/aromatic N) is 2. The van der Waals surface area contributed by atoms with Crippen molar-refractivity contribution in [2.24, 2.45) is 0 Å². The molecule has 3 aromatic rings. The molecule has 0 saturated carbocycles. The minimum Gasteiger partial charge on any atom is -0.466 e. The zero-order valence-corrected chi connectivity index (χ0v) is 16.5. The van der Waals surface area contributed by atoms with Gasteiger partial charge in [0.05, 0.1) is 29.1 Å². The van der Waals surface area contributed by atoms with Crippen LogP contribution >= 0.6 is 23.2 Å². The van der Waals surface area contributed by atoms with E-state index >= 15 is 0 Å². The summed E-state index contributed by atoms with van der Waals surface area (Å²) in [6.45, 7) is 1.63. The molecule has 0 fully saturated rings. The summed E-state index contributed by atoms with van der Waals surface area (Å²) in [7, 11) is 0. The molecule has 0 amide bonds. The van der Waals surface area contributed by atoms with E-state index in [1.807, 2.05) is 0 Å². The number of esters is 1. The lowest BCUT2D eigenvalue weighted by Crippen LogP contribution is -2.29. The Kier molecular flexibility index (Phi) is 6.11. The van der Waals surface area contributed by atoms with Gasteiger partial charge < -0.3 is 4.74 Å². The van der Waals surface area contributed by atoms with Gasteiger partial charge in [0.1, 0.15) is 6.54 Å². The van der Waals surface area contributed by atoms with Gasteiger partial charge in [-0.25, -0.2) is 4.68 Å². The second-order valence-corrected chi connectivity index (χ2v) is 6.83. The largest absolute Gasteiger partial charge is 0.466 e. The predicted octanol–water partition coefficient (Wildman–Crippen LogP) is 3.69. The lowest BCUT2D eigenvalue weighted by atomic mass is 10.1. The number of benzene rings is 2. The SMILES string of the molecule is CCOC(=O)Cc1nn(CC(=O)c2ccc(Cl)cc2Cl)c(=O)c2ccccc12. The number of Topliss-reactive ketones (excluding diaryl/α,β-unsaturated/α-hetero) is 1. The Balaban J connectivity index is 2.03. The number of hydrogen-bond donors (Lipinski definition) is 0. The minimum atomic E-state index is -0.461. The van der Waals surface area contributed by atoms with E-state index in [0.29, 0.717) is 21.5 Å². The monoisotopic (exact) mass is 418 g/mol. The van der Waals surface area contributed by atoms with Crippen molar-refractivity contribution in [3.8, 4) is 0 Å². The second-order valence-electron chi connectivity index (χ2n) is 5.98. The van der Waals surface area contributed by atoms with Crippen LogP contribution in [0.25, 0.3) is 10.8 Å². The van der Waals surface area contributed by atoms with Crippen molar-refractivity contribution in [1.29, 1.82) is 0 Å². The fraction of sp³-hybridized carbons (Fsp3) is 0.200. The molecular weight excluding hydrogens is 403 g/mol. The highest BCUT2D eigenvalue weighted by molar-refractivity contribution is 6.36. The molecule has 0 aliphatic heterocycles. The van der Waals surface area contributed by atoms with Gasteiger partial charge in [-0.1, -0.05) is 41.4 Å². The topological polar surface area (TPSA) is 78.3 Å². The molecule has 144 valence electrons. The zero-order chi connectivity index (χ0) is 20.3. The maximum Gasteiger partial charge on any atom is 0.311 e. The molecule has 2 aromatic carbocycles. The van der Waals surface area contributed by atoms with Crippen LogP contribution in [-0.2, 0) is 22.5 Å².